The molecule has 101 heavy (non-hydrogen) atoms. The van der Waals surface area contributed by atoms with E-state index in [1.165, 1.54) is 13.8 Å². The fourth-order valence-corrected chi connectivity index (χ4v) is 9.72. The molecule has 1 aliphatic rings. The minimum atomic E-state index is -2.03. The molecule has 0 spiro atoms. The Morgan fingerprint density at radius 3 is 1.59 bits per heavy atom. The standard InChI is InChI=1S/C60H94N20O21/c1-28(2)21-36(76-50(92)30(4)72-54(96)37(22-32-11-7-6-8-12-32)77-58(100)48(31(5)81)79-45(86)26-68-49(91)29(3)71-51(93)33(61)15-17-41(62)82)55(97)74-34(13-9-19-67-60(65)66)52(94)69-25-44(85)73-38(24-46(87)88)56(98)78-39(23-43(64)84)59(101)80-20-10-14-40(80)57(99)75-35(16-18-42(63)83)53(95)70-27-47(89)90/h6-8,11-12,28-31,33-40,48,81H,9-10,13-27,61H2,1-5H3,(H2,62,82)(H2,63,83)(H2,64,84)(H,68,91)(H,69,94)(H,70,95)(H,71,93)(H,72,96)(H,73,85)(H,74,97)(H,75,99)(H,76,92)(H,77,100)(H,78,98)(H,79,86)(H,87,88)(H,89,90)(H4,65,66,67)/t29-,30-,31+,33-,34-,35-,36-,37-,38-,39-,40-,48-/m0/s1. The molecule has 0 aliphatic carbocycles. The highest BCUT2D eigenvalue weighted by atomic mass is 16.4. The molecule has 0 radical (unpaired) electrons. The van der Waals surface area contributed by atoms with E-state index in [1.807, 2.05) is 0 Å². The maximum atomic E-state index is 14.2. The third-order valence-corrected chi connectivity index (χ3v) is 14.9. The first-order chi connectivity index (χ1) is 47.3. The van der Waals surface area contributed by atoms with Gasteiger partial charge in [0.15, 0.2) is 5.96 Å². The van der Waals surface area contributed by atoms with Crippen molar-refractivity contribution < 1.29 is 102 Å². The van der Waals surface area contributed by atoms with Gasteiger partial charge in [-0.25, -0.2) is 0 Å². The molecule has 12 atom stereocenters. The van der Waals surface area contributed by atoms with E-state index in [9.17, 15) is 96.5 Å². The number of guanidine groups is 1. The Hall–Kier alpha value is -11.1. The van der Waals surface area contributed by atoms with Crippen molar-refractivity contribution in [1.82, 2.24) is 68.7 Å². The van der Waals surface area contributed by atoms with E-state index in [-0.39, 0.29) is 82.8 Å². The number of carbonyl (C=O) groups is 18. The summed E-state index contributed by atoms with van der Waals surface area (Å²) in [5, 5.41) is 57.2. The first-order valence-corrected chi connectivity index (χ1v) is 32.0. The number of benzene rings is 1. The summed E-state index contributed by atoms with van der Waals surface area (Å²) in [5.41, 5.74) is 32.9. The van der Waals surface area contributed by atoms with Crippen LogP contribution in [0.3, 0.4) is 0 Å². The summed E-state index contributed by atoms with van der Waals surface area (Å²) < 4.78 is 0. The van der Waals surface area contributed by atoms with Crippen molar-refractivity contribution in [3.63, 3.8) is 0 Å². The van der Waals surface area contributed by atoms with Crippen LogP contribution in [0.25, 0.3) is 0 Å². The number of aliphatic hydroxyl groups excluding tert-OH is 1. The summed E-state index contributed by atoms with van der Waals surface area (Å²) in [6, 6.07) is -8.75. The second kappa shape index (κ2) is 43.3. The lowest BCUT2D eigenvalue weighted by Crippen LogP contribution is -2.60. The second-order valence-electron chi connectivity index (χ2n) is 24.1. The molecule has 0 unspecified atom stereocenters. The second-order valence-corrected chi connectivity index (χ2v) is 24.1. The van der Waals surface area contributed by atoms with Gasteiger partial charge >= 0.3 is 11.9 Å². The average Bonchev–Trinajstić information content (AvgIpc) is 1.74. The predicted molar refractivity (Wildman–Crippen MR) is 352 cm³/mol. The van der Waals surface area contributed by atoms with Crippen molar-refractivity contribution in [3.05, 3.63) is 35.9 Å². The minimum Gasteiger partial charge on any atom is -0.481 e. The van der Waals surface area contributed by atoms with Crippen molar-refractivity contribution in [2.75, 3.05) is 32.7 Å². The highest BCUT2D eigenvalue weighted by Crippen LogP contribution is 2.21. The van der Waals surface area contributed by atoms with Gasteiger partial charge < -0.3 is 118 Å². The van der Waals surface area contributed by atoms with Gasteiger partial charge in [0, 0.05) is 32.4 Å². The number of carboxylic acid groups (broad SMARTS) is 2. The number of aliphatic imine (C=N–C) groups is 1. The molecule has 1 aliphatic heterocycles. The zero-order chi connectivity index (χ0) is 76.4. The number of nitrogens with two attached hydrogens (primary N) is 6. The van der Waals surface area contributed by atoms with E-state index in [0.717, 1.165) is 11.8 Å². The van der Waals surface area contributed by atoms with E-state index in [0.29, 0.717) is 5.56 Å². The van der Waals surface area contributed by atoms with Gasteiger partial charge in [0.05, 0.1) is 38.1 Å². The molecule has 16 amide bonds. The van der Waals surface area contributed by atoms with Gasteiger partial charge in [0.25, 0.3) is 0 Å². The number of hydrogen-bond donors (Lipinski definition) is 21. The quantitative estimate of drug-likeness (QED) is 0.0164. The molecule has 27 N–H and O–H groups in total. The highest BCUT2D eigenvalue weighted by Gasteiger charge is 2.41. The maximum absolute atomic E-state index is 14.2. The number of nitrogens with zero attached hydrogens (tertiary/aromatic N) is 2. The topological polar surface area (TPSA) is 684 Å². The van der Waals surface area contributed by atoms with Gasteiger partial charge in [-0.15, -0.1) is 0 Å². The molecule has 0 aromatic heterocycles. The molecule has 41 heteroatoms. The first kappa shape index (κ1) is 86.0. The SMILES string of the molecule is CC(C)C[C@H](NC(=O)[C@H](C)NC(=O)[C@H](Cc1ccccc1)NC(=O)[C@@H](NC(=O)CNC(=O)[C@H](C)NC(=O)[C@@H](N)CCC(N)=O)[C@@H](C)O)C(=O)N[C@@H](CCCN=C(N)N)C(=O)NCC(=O)N[C@@H](CC(=O)O)C(=O)N[C@@H](CC(N)=O)C(=O)N1CCC[C@H]1C(=O)N[C@@H](CCC(N)=O)C(=O)NCC(=O)O. The summed E-state index contributed by atoms with van der Waals surface area (Å²) in [6.45, 7) is 4.18. The summed E-state index contributed by atoms with van der Waals surface area (Å²) >= 11 is 0. The van der Waals surface area contributed by atoms with Gasteiger partial charge in [-0.05, 0) is 77.2 Å². The van der Waals surface area contributed by atoms with Crippen LogP contribution in [0.4, 0.5) is 0 Å². The molecule has 0 saturated carbocycles. The highest BCUT2D eigenvalue weighted by molar-refractivity contribution is 6.01. The Labute approximate surface area is 579 Å². The number of rotatable bonds is 45. The van der Waals surface area contributed by atoms with Gasteiger partial charge in [-0.1, -0.05) is 44.2 Å². The average molecular weight is 1430 g/mol. The summed E-state index contributed by atoms with van der Waals surface area (Å²) in [5.74, 6) is -19.8. The Bertz CT molecular complexity index is 3190. The fraction of sp³-hybridized carbons (Fsp3) is 0.583. The molecular weight excluding hydrogens is 1340 g/mol. The molecule has 1 aromatic rings. The van der Waals surface area contributed by atoms with Gasteiger partial charge in [-0.3, -0.25) is 91.3 Å². The molecule has 1 aromatic carbocycles. The molecule has 0 bridgehead atoms. The van der Waals surface area contributed by atoms with Crippen LogP contribution in [-0.4, -0.2) is 238 Å². The third kappa shape index (κ3) is 32.9. The predicted octanol–water partition coefficient (Wildman–Crippen LogP) is -10.3. The minimum absolute atomic E-state index is 0.00908. The lowest BCUT2D eigenvalue weighted by atomic mass is 10.0. The summed E-state index contributed by atoms with van der Waals surface area (Å²) in [4.78, 5) is 239. The molecular formula is C60H94N20O21. The van der Waals surface area contributed by atoms with Crippen LogP contribution < -0.4 is 98.2 Å². The number of amides is 16. The van der Waals surface area contributed by atoms with Crippen LogP contribution in [-0.2, 0) is 92.7 Å². The number of aliphatic hydroxyl groups is 1. The zero-order valence-electron chi connectivity index (χ0n) is 56.5. The first-order valence-electron chi connectivity index (χ1n) is 32.0. The van der Waals surface area contributed by atoms with Crippen LogP contribution in [0, 0.1) is 5.92 Å². The van der Waals surface area contributed by atoms with Crippen LogP contribution in [0.2, 0.25) is 0 Å². The van der Waals surface area contributed by atoms with E-state index in [4.69, 9.17) is 39.5 Å². The lowest BCUT2D eigenvalue weighted by Gasteiger charge is -2.30. The van der Waals surface area contributed by atoms with E-state index in [2.05, 4.69) is 68.8 Å². The maximum Gasteiger partial charge on any atom is 0.322 e. The normalized spacial score (nSPS) is 15.6. The van der Waals surface area contributed by atoms with Gasteiger partial charge in [0.2, 0.25) is 94.5 Å². The fourth-order valence-electron chi connectivity index (χ4n) is 9.72. The van der Waals surface area contributed by atoms with Gasteiger partial charge in [-0.2, -0.15) is 0 Å². The smallest absolute Gasteiger partial charge is 0.322 e. The van der Waals surface area contributed by atoms with Crippen molar-refractivity contribution in [2.45, 2.75) is 184 Å². The van der Waals surface area contributed by atoms with E-state index in [1.54, 1.807) is 44.2 Å². The van der Waals surface area contributed by atoms with E-state index < -0.39 is 218 Å². The lowest BCUT2D eigenvalue weighted by molar-refractivity contribution is -0.144. The molecule has 1 saturated heterocycles. The van der Waals surface area contributed by atoms with Crippen LogP contribution in [0.1, 0.15) is 111 Å². The largest absolute Gasteiger partial charge is 0.481 e. The van der Waals surface area contributed by atoms with Crippen LogP contribution >= 0.6 is 0 Å². The molecule has 2 rings (SSSR count). The Morgan fingerprint density at radius 1 is 0.515 bits per heavy atom. The van der Waals surface area contributed by atoms with Crippen LogP contribution in [0.5, 0.6) is 0 Å². The van der Waals surface area contributed by atoms with Crippen molar-refractivity contribution >= 4 is 112 Å². The third-order valence-electron chi connectivity index (χ3n) is 14.9. The van der Waals surface area contributed by atoms with E-state index >= 15 is 0 Å². The van der Waals surface area contributed by atoms with Gasteiger partial charge in [0.1, 0.15) is 67.0 Å². The Kier molecular flexibility index (Phi) is 36.9. The summed E-state index contributed by atoms with van der Waals surface area (Å²) in [6.07, 6.45) is -5.19. The van der Waals surface area contributed by atoms with Crippen molar-refractivity contribution in [2.24, 2.45) is 45.3 Å². The monoisotopic (exact) mass is 1430 g/mol. The molecule has 560 valence electrons. The number of nitrogens with one attached hydrogen (secondary N) is 12. The number of carboxylic acids is 2. The number of carbonyl (C=O) groups excluding carboxylic acids is 16. The summed E-state index contributed by atoms with van der Waals surface area (Å²) in [7, 11) is 0. The van der Waals surface area contributed by atoms with Crippen molar-refractivity contribution in [3.8, 4) is 0 Å². The molecule has 1 heterocycles. The molecule has 1 fully saturated rings. The number of hydrogen-bond acceptors (Lipinski definition) is 21. The van der Waals surface area contributed by atoms with Crippen molar-refractivity contribution in [1.29, 1.82) is 0 Å². The number of aliphatic carboxylic acids is 2. The zero-order valence-corrected chi connectivity index (χ0v) is 56.5. The van der Waals surface area contributed by atoms with Crippen LogP contribution in [0.15, 0.2) is 35.3 Å². The number of primary amides is 3. The molecule has 41 nitrogen and oxygen atoms in total. The Morgan fingerprint density at radius 2 is 1.03 bits per heavy atom. The number of likely N-dealkylation sites (tertiary alicyclic amines) is 1. The Balaban J connectivity index is 2.30.